The van der Waals surface area contributed by atoms with E-state index in [1.165, 1.54) is 4.90 Å². The van der Waals surface area contributed by atoms with Crippen LogP contribution in [0.1, 0.15) is 33.1 Å². The molecule has 0 aliphatic heterocycles. The number of hydrogen-bond acceptors (Lipinski definition) is 2. The molecule has 0 fully saturated rings. The van der Waals surface area contributed by atoms with Crippen molar-refractivity contribution < 1.29 is 14.7 Å². The average Bonchev–Trinajstić information content (AvgIpc) is 2.21. The number of urea groups is 1. The number of rotatable bonds is 6. The maximum atomic E-state index is 11.5. The topological polar surface area (TPSA) is 69.6 Å². The van der Waals surface area contributed by atoms with Crippen molar-refractivity contribution in [2.45, 2.75) is 39.2 Å². The Labute approximate surface area is 90.5 Å². The number of nitrogens with one attached hydrogen (secondary N) is 1. The lowest BCUT2D eigenvalue weighted by molar-refractivity contribution is -0.139. The van der Waals surface area contributed by atoms with E-state index >= 15 is 0 Å². The molecule has 88 valence electrons. The first-order chi connectivity index (χ1) is 7.02. The maximum Gasteiger partial charge on any atom is 0.326 e. The maximum absolute atomic E-state index is 11.5. The van der Waals surface area contributed by atoms with Crippen LogP contribution in [0, 0.1) is 0 Å². The van der Waals surface area contributed by atoms with Gasteiger partial charge in [0.05, 0.1) is 0 Å². The van der Waals surface area contributed by atoms with Crippen LogP contribution in [-0.2, 0) is 4.79 Å². The predicted octanol–water partition coefficient (Wildman–Crippen LogP) is 1.29. The van der Waals surface area contributed by atoms with Gasteiger partial charge in [-0.2, -0.15) is 0 Å². The van der Waals surface area contributed by atoms with Crippen molar-refractivity contribution in [3.05, 3.63) is 0 Å². The molecule has 0 aromatic rings. The van der Waals surface area contributed by atoms with Gasteiger partial charge in [0.15, 0.2) is 0 Å². The minimum atomic E-state index is -0.991. The Morgan fingerprint density at radius 2 is 2.00 bits per heavy atom. The first kappa shape index (κ1) is 13.7. The van der Waals surface area contributed by atoms with Gasteiger partial charge in [0.1, 0.15) is 6.04 Å². The number of amides is 2. The Bertz CT molecular complexity index is 219. The molecule has 15 heavy (non-hydrogen) atoms. The molecule has 0 heterocycles. The Kier molecular flexibility index (Phi) is 6.49. The van der Waals surface area contributed by atoms with Gasteiger partial charge >= 0.3 is 12.0 Å². The highest BCUT2D eigenvalue weighted by Gasteiger charge is 2.19. The number of carboxylic acid groups (broad SMARTS) is 1. The molecular formula is C10H20N2O3. The van der Waals surface area contributed by atoms with E-state index in [-0.39, 0.29) is 6.03 Å². The van der Waals surface area contributed by atoms with Crippen molar-refractivity contribution in [3.63, 3.8) is 0 Å². The summed E-state index contributed by atoms with van der Waals surface area (Å²) >= 11 is 0. The summed E-state index contributed by atoms with van der Waals surface area (Å²) in [6.45, 7) is 4.42. The third-order valence-electron chi connectivity index (χ3n) is 2.20. The van der Waals surface area contributed by atoms with E-state index in [1.54, 1.807) is 14.0 Å². The molecule has 0 aliphatic rings. The average molecular weight is 216 g/mol. The van der Waals surface area contributed by atoms with Gasteiger partial charge in [-0.05, 0) is 12.8 Å². The molecule has 1 atom stereocenters. The molecule has 0 aromatic heterocycles. The summed E-state index contributed by atoms with van der Waals surface area (Å²) in [6, 6.07) is -1.11. The fourth-order valence-corrected chi connectivity index (χ4v) is 1.09. The molecule has 5 nitrogen and oxygen atoms in total. The smallest absolute Gasteiger partial charge is 0.326 e. The van der Waals surface area contributed by atoms with Crippen LogP contribution in [0.3, 0.4) is 0 Å². The Balaban J connectivity index is 4.04. The minimum absolute atomic E-state index is 0.322. The second-order valence-corrected chi connectivity index (χ2v) is 3.52. The van der Waals surface area contributed by atoms with E-state index in [1.807, 2.05) is 6.92 Å². The number of carbonyl (C=O) groups excluding carboxylic acids is 1. The summed E-state index contributed by atoms with van der Waals surface area (Å²) in [4.78, 5) is 23.7. The second kappa shape index (κ2) is 7.09. The zero-order valence-electron chi connectivity index (χ0n) is 9.62. The SMILES string of the molecule is CCCCN(C)C(=O)NC(CC)C(=O)O. The number of nitrogens with zero attached hydrogens (tertiary/aromatic N) is 1. The Hall–Kier alpha value is -1.26. The second-order valence-electron chi connectivity index (χ2n) is 3.52. The molecule has 1 unspecified atom stereocenters. The quantitative estimate of drug-likeness (QED) is 0.703. The molecule has 0 aromatic carbocycles. The number of aliphatic carboxylic acids is 1. The van der Waals surface area contributed by atoms with Gasteiger partial charge in [0.25, 0.3) is 0 Å². The van der Waals surface area contributed by atoms with Crippen LogP contribution in [0.25, 0.3) is 0 Å². The molecule has 0 aliphatic carbocycles. The van der Waals surface area contributed by atoms with Crippen molar-refractivity contribution >= 4 is 12.0 Å². The summed E-state index contributed by atoms with van der Waals surface area (Å²) in [7, 11) is 1.67. The normalized spacial score (nSPS) is 11.9. The molecule has 0 rings (SSSR count). The molecule has 0 saturated carbocycles. The third-order valence-corrected chi connectivity index (χ3v) is 2.20. The summed E-state index contributed by atoms with van der Waals surface area (Å²) in [5.74, 6) is -0.991. The Morgan fingerprint density at radius 3 is 2.40 bits per heavy atom. The van der Waals surface area contributed by atoms with Crippen LogP contribution in [0.4, 0.5) is 4.79 Å². The van der Waals surface area contributed by atoms with Crippen LogP contribution in [0.5, 0.6) is 0 Å². The van der Waals surface area contributed by atoms with Crippen LogP contribution in [0.2, 0.25) is 0 Å². The van der Waals surface area contributed by atoms with E-state index in [0.717, 1.165) is 12.8 Å². The lowest BCUT2D eigenvalue weighted by Crippen LogP contribution is -2.46. The van der Waals surface area contributed by atoms with Gasteiger partial charge in [-0.25, -0.2) is 9.59 Å². The van der Waals surface area contributed by atoms with Crippen LogP contribution in [0.15, 0.2) is 0 Å². The van der Waals surface area contributed by atoms with Crippen LogP contribution in [-0.4, -0.2) is 41.6 Å². The molecule has 2 N–H and O–H groups in total. The molecule has 0 bridgehead atoms. The van der Waals surface area contributed by atoms with Crippen LogP contribution < -0.4 is 5.32 Å². The standard InChI is InChI=1S/C10H20N2O3/c1-4-6-7-12(3)10(15)11-8(5-2)9(13)14/h8H,4-7H2,1-3H3,(H,11,15)(H,13,14). The summed E-state index contributed by atoms with van der Waals surface area (Å²) in [5, 5.41) is 11.2. The third kappa shape index (κ3) is 5.24. The zero-order valence-corrected chi connectivity index (χ0v) is 9.62. The largest absolute Gasteiger partial charge is 0.480 e. The highest BCUT2D eigenvalue weighted by Crippen LogP contribution is 1.96. The fraction of sp³-hybridized carbons (Fsp3) is 0.800. The van der Waals surface area contributed by atoms with Gasteiger partial charge in [-0.1, -0.05) is 20.3 Å². The monoisotopic (exact) mass is 216 g/mol. The van der Waals surface area contributed by atoms with E-state index in [9.17, 15) is 9.59 Å². The van der Waals surface area contributed by atoms with Crippen molar-refractivity contribution in [2.24, 2.45) is 0 Å². The molecule has 5 heteroatoms. The summed E-state index contributed by atoms with van der Waals surface area (Å²) in [6.07, 6.45) is 2.32. The first-order valence-corrected chi connectivity index (χ1v) is 5.27. The number of unbranched alkanes of at least 4 members (excludes halogenated alkanes) is 1. The van der Waals surface area contributed by atoms with Crippen molar-refractivity contribution in [1.29, 1.82) is 0 Å². The number of carboxylic acids is 1. The van der Waals surface area contributed by atoms with Crippen molar-refractivity contribution in [2.75, 3.05) is 13.6 Å². The van der Waals surface area contributed by atoms with Gasteiger partial charge < -0.3 is 15.3 Å². The van der Waals surface area contributed by atoms with Crippen LogP contribution >= 0.6 is 0 Å². The lowest BCUT2D eigenvalue weighted by atomic mass is 10.2. The van der Waals surface area contributed by atoms with Crippen molar-refractivity contribution in [1.82, 2.24) is 10.2 Å². The van der Waals surface area contributed by atoms with Gasteiger partial charge in [-0.3, -0.25) is 0 Å². The molecule has 0 saturated heterocycles. The zero-order chi connectivity index (χ0) is 11.8. The van der Waals surface area contributed by atoms with Gasteiger partial charge in [-0.15, -0.1) is 0 Å². The summed E-state index contributed by atoms with van der Waals surface area (Å²) in [5.41, 5.74) is 0. The molecular weight excluding hydrogens is 196 g/mol. The Morgan fingerprint density at radius 1 is 1.40 bits per heavy atom. The number of carbonyl (C=O) groups is 2. The van der Waals surface area contributed by atoms with E-state index < -0.39 is 12.0 Å². The summed E-state index contributed by atoms with van der Waals surface area (Å²) < 4.78 is 0. The van der Waals surface area contributed by atoms with Crippen molar-refractivity contribution in [3.8, 4) is 0 Å². The molecule has 0 spiro atoms. The van der Waals surface area contributed by atoms with E-state index in [0.29, 0.717) is 13.0 Å². The fourth-order valence-electron chi connectivity index (χ4n) is 1.09. The molecule has 0 radical (unpaired) electrons. The molecule has 2 amide bonds. The van der Waals surface area contributed by atoms with Gasteiger partial charge in [0.2, 0.25) is 0 Å². The predicted molar refractivity (Wildman–Crippen MR) is 57.8 cm³/mol. The highest BCUT2D eigenvalue weighted by atomic mass is 16.4. The van der Waals surface area contributed by atoms with Gasteiger partial charge in [0, 0.05) is 13.6 Å². The minimum Gasteiger partial charge on any atom is -0.480 e. The van der Waals surface area contributed by atoms with E-state index in [2.05, 4.69) is 5.32 Å². The first-order valence-electron chi connectivity index (χ1n) is 5.27. The van der Waals surface area contributed by atoms with E-state index in [4.69, 9.17) is 5.11 Å². The lowest BCUT2D eigenvalue weighted by Gasteiger charge is -2.20. The number of hydrogen-bond donors (Lipinski definition) is 2. The highest BCUT2D eigenvalue weighted by molar-refractivity contribution is 5.82.